The Kier molecular flexibility index (Phi) is 4.97. The highest BCUT2D eigenvalue weighted by Crippen LogP contribution is 2.25. The smallest absolute Gasteiger partial charge is 0.254 e. The molecule has 0 unspecified atom stereocenters. The molecule has 31 heavy (non-hydrogen) atoms. The van der Waals surface area contributed by atoms with Crippen LogP contribution in [-0.4, -0.2) is 35.2 Å². The molecule has 4 aromatic rings. The number of amides is 1. The molecule has 0 aliphatic carbocycles. The van der Waals surface area contributed by atoms with Crippen molar-refractivity contribution in [2.75, 3.05) is 0 Å². The van der Waals surface area contributed by atoms with Crippen molar-refractivity contribution in [2.45, 2.75) is 52.1 Å². The number of hydrogen-bond acceptors (Lipinski definition) is 5. The van der Waals surface area contributed by atoms with Gasteiger partial charge in [-0.25, -0.2) is 19.6 Å². The minimum atomic E-state index is -0.152. The molecule has 1 aliphatic rings. The van der Waals surface area contributed by atoms with Gasteiger partial charge in [0.1, 0.15) is 24.0 Å². The fourth-order valence-electron chi connectivity index (χ4n) is 4.20. The van der Waals surface area contributed by atoms with Crippen LogP contribution in [-0.2, 0) is 13.0 Å². The number of fused-ring (bicyclic) bond motifs is 3. The van der Waals surface area contributed by atoms with Gasteiger partial charge in [0, 0.05) is 18.7 Å². The van der Waals surface area contributed by atoms with Crippen molar-refractivity contribution in [2.24, 2.45) is 0 Å². The van der Waals surface area contributed by atoms with E-state index in [0.717, 1.165) is 54.2 Å². The zero-order valence-electron chi connectivity index (χ0n) is 17.7. The maximum Gasteiger partial charge on any atom is 0.254 e. The zero-order valence-corrected chi connectivity index (χ0v) is 17.7. The molecule has 0 saturated carbocycles. The van der Waals surface area contributed by atoms with Crippen molar-refractivity contribution in [3.8, 4) is 5.69 Å². The number of aryl methyl sites for hydroxylation is 3. The summed E-state index contributed by atoms with van der Waals surface area (Å²) >= 11 is 0. The summed E-state index contributed by atoms with van der Waals surface area (Å²) in [7, 11) is 0. The number of nitrogens with zero attached hydrogens (tertiary/aromatic N) is 6. The van der Waals surface area contributed by atoms with E-state index in [4.69, 9.17) is 9.97 Å². The molecule has 4 heterocycles. The Bertz CT molecular complexity index is 1230. The molecule has 158 valence electrons. The fourth-order valence-corrected chi connectivity index (χ4v) is 4.20. The lowest BCUT2D eigenvalue weighted by Gasteiger charge is -2.15. The van der Waals surface area contributed by atoms with Crippen LogP contribution in [0.15, 0.2) is 43.0 Å². The van der Waals surface area contributed by atoms with Crippen molar-refractivity contribution in [1.29, 1.82) is 0 Å². The van der Waals surface area contributed by atoms with Crippen LogP contribution in [0.3, 0.4) is 0 Å². The van der Waals surface area contributed by atoms with Gasteiger partial charge in [-0.05, 0) is 50.5 Å². The minimum absolute atomic E-state index is 0.128. The lowest BCUT2D eigenvalue weighted by atomic mass is 10.1. The summed E-state index contributed by atoms with van der Waals surface area (Å²) in [5, 5.41) is 7.27. The average molecular weight is 416 g/mol. The highest BCUT2D eigenvalue weighted by Gasteiger charge is 2.22. The number of carbonyl (C=O) groups is 1. The molecule has 0 fully saturated rings. The summed E-state index contributed by atoms with van der Waals surface area (Å²) in [6, 6.07) is 9.61. The lowest BCUT2D eigenvalue weighted by Crippen LogP contribution is -2.27. The van der Waals surface area contributed by atoms with Gasteiger partial charge < -0.3 is 9.88 Å². The molecule has 3 aromatic heterocycles. The summed E-state index contributed by atoms with van der Waals surface area (Å²) in [6.07, 6.45) is 7.55. The minimum Gasteiger partial charge on any atom is -0.345 e. The number of pyridine rings is 1. The Morgan fingerprint density at radius 3 is 2.74 bits per heavy atom. The van der Waals surface area contributed by atoms with Gasteiger partial charge in [-0.15, -0.1) is 0 Å². The van der Waals surface area contributed by atoms with Gasteiger partial charge in [-0.3, -0.25) is 4.79 Å². The van der Waals surface area contributed by atoms with Gasteiger partial charge in [-0.2, -0.15) is 5.10 Å². The lowest BCUT2D eigenvalue weighted by molar-refractivity contribution is 0.0941. The Balaban J connectivity index is 1.41. The Hall–Kier alpha value is -3.55. The van der Waals surface area contributed by atoms with E-state index in [1.165, 1.54) is 12.7 Å². The van der Waals surface area contributed by atoms with Crippen molar-refractivity contribution < 1.29 is 4.79 Å². The number of carbonyl (C=O) groups excluding carboxylic acids is 1. The SMILES string of the molecule is Cc1cc(C(=O)N[C@@H](C)c2ccc(-n3cncn3)cc2)c2nc3n(c2n1)CCCCC3. The van der Waals surface area contributed by atoms with E-state index in [0.29, 0.717) is 11.1 Å². The van der Waals surface area contributed by atoms with Crippen LogP contribution in [0.1, 0.15) is 59.7 Å². The molecule has 1 atom stereocenters. The number of nitrogens with one attached hydrogen (secondary N) is 1. The highest BCUT2D eigenvalue weighted by atomic mass is 16.1. The third-order valence-corrected chi connectivity index (χ3v) is 5.86. The quantitative estimate of drug-likeness (QED) is 0.551. The molecular formula is C23H25N7O. The molecule has 0 saturated heterocycles. The number of hydrogen-bond donors (Lipinski definition) is 1. The average Bonchev–Trinajstić information content (AvgIpc) is 3.36. The van der Waals surface area contributed by atoms with E-state index < -0.39 is 0 Å². The molecule has 5 rings (SSSR count). The van der Waals surface area contributed by atoms with Gasteiger partial charge in [0.25, 0.3) is 5.91 Å². The Labute approximate surface area is 180 Å². The predicted octanol–water partition coefficient (Wildman–Crippen LogP) is 3.54. The zero-order chi connectivity index (χ0) is 21.4. The second kappa shape index (κ2) is 7.94. The maximum absolute atomic E-state index is 13.2. The maximum atomic E-state index is 13.2. The fraction of sp³-hybridized carbons (Fsp3) is 0.348. The predicted molar refractivity (Wildman–Crippen MR) is 117 cm³/mol. The molecule has 0 bridgehead atoms. The van der Waals surface area contributed by atoms with Gasteiger partial charge in [-0.1, -0.05) is 18.6 Å². The number of imidazole rings is 1. The summed E-state index contributed by atoms with van der Waals surface area (Å²) in [4.78, 5) is 26.7. The third-order valence-electron chi connectivity index (χ3n) is 5.86. The first-order valence-corrected chi connectivity index (χ1v) is 10.7. The van der Waals surface area contributed by atoms with Crippen molar-refractivity contribution in [3.63, 3.8) is 0 Å². The largest absolute Gasteiger partial charge is 0.345 e. The number of benzene rings is 1. The third kappa shape index (κ3) is 3.69. The molecule has 0 radical (unpaired) electrons. The van der Waals surface area contributed by atoms with E-state index in [9.17, 15) is 4.79 Å². The number of rotatable bonds is 4. The first kappa shape index (κ1) is 19.4. The monoisotopic (exact) mass is 415 g/mol. The van der Waals surface area contributed by atoms with Crippen LogP contribution < -0.4 is 5.32 Å². The second-order valence-electron chi connectivity index (χ2n) is 8.10. The van der Waals surface area contributed by atoms with Crippen molar-refractivity contribution >= 4 is 17.1 Å². The standard InChI is InChI=1S/C23H25N7O/c1-15-12-19(21-22(26-15)29-11-5-3-4-6-20(29)28-21)23(31)27-16(2)17-7-9-18(10-8-17)30-14-24-13-25-30/h7-10,12-14,16H,3-6,11H2,1-2H3,(H,27,31)/t16-/m0/s1. The van der Waals surface area contributed by atoms with Gasteiger partial charge >= 0.3 is 0 Å². The summed E-state index contributed by atoms with van der Waals surface area (Å²) < 4.78 is 3.89. The normalized spacial score (nSPS) is 14.8. The second-order valence-corrected chi connectivity index (χ2v) is 8.10. The van der Waals surface area contributed by atoms with E-state index in [2.05, 4.69) is 20.0 Å². The molecule has 1 amide bonds. The van der Waals surface area contributed by atoms with E-state index in [1.54, 1.807) is 11.0 Å². The first-order chi connectivity index (χ1) is 15.1. The Morgan fingerprint density at radius 1 is 1.13 bits per heavy atom. The van der Waals surface area contributed by atoms with Crippen molar-refractivity contribution in [1.82, 2.24) is 34.6 Å². The van der Waals surface area contributed by atoms with Crippen LogP contribution in [0.2, 0.25) is 0 Å². The van der Waals surface area contributed by atoms with Gasteiger partial charge in [0.05, 0.1) is 17.3 Å². The molecular weight excluding hydrogens is 390 g/mol. The molecule has 1 aromatic carbocycles. The molecule has 1 N–H and O–H groups in total. The molecule has 1 aliphatic heterocycles. The van der Waals surface area contributed by atoms with Crippen LogP contribution in [0.5, 0.6) is 0 Å². The van der Waals surface area contributed by atoms with Crippen LogP contribution >= 0.6 is 0 Å². The summed E-state index contributed by atoms with van der Waals surface area (Å²) in [6.45, 7) is 4.83. The Morgan fingerprint density at radius 2 is 1.97 bits per heavy atom. The summed E-state index contributed by atoms with van der Waals surface area (Å²) in [5.74, 6) is 0.910. The van der Waals surface area contributed by atoms with E-state index in [-0.39, 0.29) is 11.9 Å². The van der Waals surface area contributed by atoms with Crippen LogP contribution in [0, 0.1) is 6.92 Å². The van der Waals surface area contributed by atoms with Crippen LogP contribution in [0.4, 0.5) is 0 Å². The molecule has 0 spiro atoms. The van der Waals surface area contributed by atoms with Crippen molar-refractivity contribution in [3.05, 3.63) is 65.6 Å². The van der Waals surface area contributed by atoms with E-state index >= 15 is 0 Å². The summed E-state index contributed by atoms with van der Waals surface area (Å²) in [5.41, 5.74) is 4.88. The molecule has 8 heteroatoms. The van der Waals surface area contributed by atoms with Gasteiger partial charge in [0.2, 0.25) is 0 Å². The first-order valence-electron chi connectivity index (χ1n) is 10.7. The van der Waals surface area contributed by atoms with Gasteiger partial charge in [0.15, 0.2) is 5.65 Å². The highest BCUT2D eigenvalue weighted by molar-refractivity contribution is 6.04. The van der Waals surface area contributed by atoms with E-state index in [1.807, 2.05) is 44.2 Å². The topological polar surface area (TPSA) is 90.5 Å². The molecule has 8 nitrogen and oxygen atoms in total. The number of aromatic nitrogens is 6. The van der Waals surface area contributed by atoms with Crippen LogP contribution in [0.25, 0.3) is 16.9 Å².